The number of hydrogen-bond acceptors (Lipinski definition) is 5. The van der Waals surface area contributed by atoms with E-state index in [-0.39, 0.29) is 0 Å². The molecule has 1 aromatic heterocycles. The summed E-state index contributed by atoms with van der Waals surface area (Å²) >= 11 is 2.03. The van der Waals surface area contributed by atoms with Crippen molar-refractivity contribution in [1.29, 1.82) is 0 Å². The van der Waals surface area contributed by atoms with Gasteiger partial charge in [0.1, 0.15) is 12.2 Å². The van der Waals surface area contributed by atoms with Crippen LogP contribution >= 0.6 is 11.8 Å². The molecule has 2 N–H and O–H groups in total. The minimum absolute atomic E-state index is 0.585. The molecule has 2 heterocycles. The average Bonchev–Trinajstić information content (AvgIpc) is 3.08. The third kappa shape index (κ3) is 4.88. The first-order valence-corrected chi connectivity index (χ1v) is 9.61. The van der Waals surface area contributed by atoms with Gasteiger partial charge in [0.2, 0.25) is 0 Å². The molecule has 0 saturated carbocycles. The fourth-order valence-electron chi connectivity index (χ4n) is 2.70. The Labute approximate surface area is 152 Å². The number of aromatic nitrogens is 3. The normalized spacial score (nSPS) is 15.3. The van der Waals surface area contributed by atoms with Crippen molar-refractivity contribution in [1.82, 2.24) is 25.4 Å². The summed E-state index contributed by atoms with van der Waals surface area (Å²) in [5.41, 5.74) is 2.55. The highest BCUT2D eigenvalue weighted by molar-refractivity contribution is 7.99. The van der Waals surface area contributed by atoms with E-state index in [1.807, 2.05) is 18.8 Å². The van der Waals surface area contributed by atoms with Crippen molar-refractivity contribution in [2.75, 3.05) is 36.5 Å². The molecule has 134 valence electrons. The number of nitrogens with zero attached hydrogens (tertiary/aromatic N) is 5. The van der Waals surface area contributed by atoms with E-state index in [2.05, 4.69) is 54.9 Å². The zero-order valence-electron chi connectivity index (χ0n) is 14.8. The molecule has 2 aromatic rings. The summed E-state index contributed by atoms with van der Waals surface area (Å²) < 4.78 is 1.75. The second kappa shape index (κ2) is 8.75. The van der Waals surface area contributed by atoms with Gasteiger partial charge in [-0.1, -0.05) is 12.1 Å². The number of anilines is 1. The number of guanidine groups is 1. The van der Waals surface area contributed by atoms with Crippen molar-refractivity contribution in [2.24, 2.45) is 12.0 Å². The van der Waals surface area contributed by atoms with Crippen LogP contribution in [0.25, 0.3) is 0 Å². The van der Waals surface area contributed by atoms with Crippen molar-refractivity contribution in [2.45, 2.75) is 13.1 Å². The van der Waals surface area contributed by atoms with E-state index in [1.54, 1.807) is 18.1 Å². The van der Waals surface area contributed by atoms with Crippen LogP contribution in [0.3, 0.4) is 0 Å². The lowest BCUT2D eigenvalue weighted by Gasteiger charge is -2.28. The molecule has 1 aliphatic heterocycles. The molecule has 0 atom stereocenters. The number of thioether (sulfide) groups is 1. The molecule has 0 radical (unpaired) electrons. The number of nitrogens with one attached hydrogen (secondary N) is 2. The predicted octanol–water partition coefficient (Wildman–Crippen LogP) is 1.23. The molecular formula is C17H25N7S. The quantitative estimate of drug-likeness (QED) is 0.618. The van der Waals surface area contributed by atoms with E-state index in [0.29, 0.717) is 6.54 Å². The highest BCUT2D eigenvalue weighted by atomic mass is 32.2. The number of aryl methyl sites for hydroxylation is 1. The Balaban J connectivity index is 1.49. The van der Waals surface area contributed by atoms with Crippen LogP contribution in [-0.2, 0) is 20.1 Å². The van der Waals surface area contributed by atoms with Gasteiger partial charge < -0.3 is 15.5 Å². The average molecular weight is 360 g/mol. The Kier molecular flexibility index (Phi) is 6.16. The van der Waals surface area contributed by atoms with Crippen molar-refractivity contribution in [3.63, 3.8) is 0 Å². The lowest BCUT2D eigenvalue weighted by atomic mass is 10.2. The van der Waals surface area contributed by atoms with Crippen LogP contribution in [0.15, 0.2) is 35.6 Å². The van der Waals surface area contributed by atoms with Gasteiger partial charge in [0.25, 0.3) is 0 Å². The minimum atomic E-state index is 0.585. The lowest BCUT2D eigenvalue weighted by molar-refractivity contribution is 0.672. The van der Waals surface area contributed by atoms with Gasteiger partial charge >= 0.3 is 0 Å². The highest BCUT2D eigenvalue weighted by Gasteiger charge is 2.10. The standard InChI is InChI=1S/C17H25N7S/c1-18-17(20-12-16-21-13-22-23(16)2)19-11-14-3-5-15(6-4-14)24-7-9-25-10-8-24/h3-6,13H,7-12H2,1-2H3,(H2,18,19,20). The predicted molar refractivity (Wildman–Crippen MR) is 104 cm³/mol. The smallest absolute Gasteiger partial charge is 0.191 e. The number of aliphatic imine (C=N–C) groups is 1. The van der Waals surface area contributed by atoms with Crippen LogP contribution in [0, 0.1) is 0 Å². The summed E-state index contributed by atoms with van der Waals surface area (Å²) in [6, 6.07) is 8.78. The van der Waals surface area contributed by atoms with E-state index in [0.717, 1.165) is 31.4 Å². The topological polar surface area (TPSA) is 70.4 Å². The molecule has 1 aliphatic rings. The van der Waals surface area contributed by atoms with Gasteiger partial charge in [0.05, 0.1) is 6.54 Å². The number of rotatable bonds is 5. The summed E-state index contributed by atoms with van der Waals surface area (Å²) in [7, 11) is 3.65. The first-order chi connectivity index (χ1) is 12.3. The SMILES string of the molecule is CN=C(NCc1ccc(N2CCSCC2)cc1)NCc1ncnn1C. The number of benzene rings is 1. The van der Waals surface area contributed by atoms with Gasteiger partial charge in [-0.25, -0.2) is 4.98 Å². The lowest BCUT2D eigenvalue weighted by Crippen LogP contribution is -2.37. The number of hydrogen-bond donors (Lipinski definition) is 2. The molecule has 25 heavy (non-hydrogen) atoms. The Morgan fingerprint density at radius 3 is 2.52 bits per heavy atom. The van der Waals surface area contributed by atoms with Gasteiger partial charge in [-0.05, 0) is 17.7 Å². The van der Waals surface area contributed by atoms with Crippen LogP contribution in [0.5, 0.6) is 0 Å². The maximum atomic E-state index is 4.25. The Bertz CT molecular complexity index is 689. The molecule has 0 aliphatic carbocycles. The largest absolute Gasteiger partial charge is 0.370 e. The fraction of sp³-hybridized carbons (Fsp3) is 0.471. The minimum Gasteiger partial charge on any atom is -0.370 e. The maximum Gasteiger partial charge on any atom is 0.191 e. The fourth-order valence-corrected chi connectivity index (χ4v) is 3.60. The maximum absolute atomic E-state index is 4.25. The van der Waals surface area contributed by atoms with E-state index in [9.17, 15) is 0 Å². The summed E-state index contributed by atoms with van der Waals surface area (Å²) in [6.07, 6.45) is 1.55. The van der Waals surface area contributed by atoms with Crippen LogP contribution in [0.4, 0.5) is 5.69 Å². The molecular weight excluding hydrogens is 334 g/mol. The molecule has 0 bridgehead atoms. The monoisotopic (exact) mass is 359 g/mol. The molecule has 3 rings (SSSR count). The Morgan fingerprint density at radius 2 is 1.88 bits per heavy atom. The highest BCUT2D eigenvalue weighted by Crippen LogP contribution is 2.19. The van der Waals surface area contributed by atoms with Crippen molar-refractivity contribution in [3.8, 4) is 0 Å². The van der Waals surface area contributed by atoms with Crippen molar-refractivity contribution < 1.29 is 0 Å². The Morgan fingerprint density at radius 1 is 1.16 bits per heavy atom. The van der Waals surface area contributed by atoms with Gasteiger partial charge in [-0.15, -0.1) is 0 Å². The van der Waals surface area contributed by atoms with E-state index in [4.69, 9.17) is 0 Å². The molecule has 1 saturated heterocycles. The Hall–Kier alpha value is -2.22. The van der Waals surface area contributed by atoms with E-state index >= 15 is 0 Å². The van der Waals surface area contributed by atoms with Gasteiger partial charge in [0, 0.05) is 50.9 Å². The van der Waals surface area contributed by atoms with Crippen LogP contribution in [-0.4, -0.2) is 52.4 Å². The van der Waals surface area contributed by atoms with E-state index < -0.39 is 0 Å². The van der Waals surface area contributed by atoms with Gasteiger partial charge in [-0.3, -0.25) is 9.67 Å². The molecule has 0 spiro atoms. The second-order valence-corrected chi connectivity index (χ2v) is 7.07. The molecule has 7 nitrogen and oxygen atoms in total. The summed E-state index contributed by atoms with van der Waals surface area (Å²) in [5, 5.41) is 10.6. The molecule has 0 amide bonds. The third-order valence-corrected chi connectivity index (χ3v) is 5.16. The van der Waals surface area contributed by atoms with Crippen LogP contribution < -0.4 is 15.5 Å². The van der Waals surface area contributed by atoms with Crippen LogP contribution in [0.1, 0.15) is 11.4 Å². The summed E-state index contributed by atoms with van der Waals surface area (Å²) in [5.74, 6) is 4.06. The van der Waals surface area contributed by atoms with E-state index in [1.165, 1.54) is 22.8 Å². The second-order valence-electron chi connectivity index (χ2n) is 5.85. The zero-order chi connectivity index (χ0) is 17.5. The molecule has 1 aromatic carbocycles. The van der Waals surface area contributed by atoms with Crippen molar-refractivity contribution in [3.05, 3.63) is 42.0 Å². The summed E-state index contributed by atoms with van der Waals surface area (Å²) in [4.78, 5) is 10.9. The summed E-state index contributed by atoms with van der Waals surface area (Å²) in [6.45, 7) is 3.60. The van der Waals surface area contributed by atoms with Crippen molar-refractivity contribution >= 4 is 23.4 Å². The van der Waals surface area contributed by atoms with Crippen LogP contribution in [0.2, 0.25) is 0 Å². The van der Waals surface area contributed by atoms with Gasteiger partial charge in [0.15, 0.2) is 5.96 Å². The first-order valence-electron chi connectivity index (χ1n) is 8.45. The molecule has 8 heteroatoms. The third-order valence-electron chi connectivity index (χ3n) is 4.22. The van der Waals surface area contributed by atoms with Gasteiger partial charge in [-0.2, -0.15) is 16.9 Å². The molecule has 0 unspecified atom stereocenters. The first kappa shape index (κ1) is 17.6. The molecule has 1 fully saturated rings. The zero-order valence-corrected chi connectivity index (χ0v) is 15.6.